The van der Waals surface area contributed by atoms with Gasteiger partial charge in [0.2, 0.25) is 11.8 Å². The molecule has 0 unspecified atom stereocenters. The molecule has 0 aliphatic carbocycles. The number of hydrogen-bond acceptors (Lipinski definition) is 4. The molecule has 4 atom stereocenters. The number of fused-ring (bicyclic) bond motifs is 2. The zero-order valence-electron chi connectivity index (χ0n) is 16.5. The molecular formula is C21H26N4O4. The quantitative estimate of drug-likeness (QED) is 0.781. The number of H-pyrrole nitrogens is 1. The first-order chi connectivity index (χ1) is 14.0. The number of carbonyl (C=O) groups is 2. The molecule has 2 N–H and O–H groups in total. The highest BCUT2D eigenvalue weighted by Crippen LogP contribution is 2.54. The summed E-state index contributed by atoms with van der Waals surface area (Å²) in [6, 6.07) is 7.51. The van der Waals surface area contributed by atoms with Crippen molar-refractivity contribution >= 4 is 22.8 Å². The van der Waals surface area contributed by atoms with Crippen molar-refractivity contribution in [3.63, 3.8) is 0 Å². The van der Waals surface area contributed by atoms with Crippen LogP contribution in [0.4, 0.5) is 0 Å². The van der Waals surface area contributed by atoms with Crippen molar-refractivity contribution < 1.29 is 14.3 Å². The van der Waals surface area contributed by atoms with E-state index in [4.69, 9.17) is 4.74 Å². The lowest BCUT2D eigenvalue weighted by molar-refractivity contribution is -0.132. The summed E-state index contributed by atoms with van der Waals surface area (Å²) in [6.07, 6.45) is 2.44. The molecule has 154 valence electrons. The smallest absolute Gasteiger partial charge is 0.326 e. The second-order valence-electron chi connectivity index (χ2n) is 8.59. The Morgan fingerprint density at radius 2 is 2.17 bits per heavy atom. The number of imidazole rings is 1. The summed E-state index contributed by atoms with van der Waals surface area (Å²) in [5.74, 6) is 0.558. The molecule has 2 amide bonds. The number of hydrogen-bond donors (Lipinski definition) is 2. The average Bonchev–Trinajstić information content (AvgIpc) is 3.42. The minimum Gasteiger partial charge on any atom is -0.369 e. The van der Waals surface area contributed by atoms with Crippen LogP contribution in [0.15, 0.2) is 29.1 Å². The standard InChI is InChI=1S/C21H26N4O4/c1-13(26)22-10-14-15-11-24(12-21(15)8-6-18(14)29-21)19(27)7-9-25-17-5-3-2-4-16(17)23-20(25)28/h2-5,14-15,18H,6-12H2,1H3,(H,22,26)(H,23,28)/t14-,15+,18+,21+/m0/s1. The van der Waals surface area contributed by atoms with Crippen molar-refractivity contribution in [2.75, 3.05) is 19.6 Å². The second kappa shape index (κ2) is 6.73. The number of nitrogens with one attached hydrogen (secondary N) is 2. The molecule has 1 aromatic carbocycles. The molecule has 1 aromatic heterocycles. The Morgan fingerprint density at radius 1 is 1.34 bits per heavy atom. The van der Waals surface area contributed by atoms with Gasteiger partial charge in [-0.05, 0) is 25.0 Å². The third-order valence-corrected chi connectivity index (χ3v) is 6.95. The van der Waals surface area contributed by atoms with Gasteiger partial charge in [-0.2, -0.15) is 0 Å². The summed E-state index contributed by atoms with van der Waals surface area (Å²) in [5.41, 5.74) is 1.17. The molecule has 0 radical (unpaired) electrons. The maximum absolute atomic E-state index is 12.9. The van der Waals surface area contributed by atoms with E-state index < -0.39 is 0 Å². The number of rotatable bonds is 5. The van der Waals surface area contributed by atoms with E-state index in [9.17, 15) is 14.4 Å². The summed E-state index contributed by atoms with van der Waals surface area (Å²) >= 11 is 0. The number of carbonyl (C=O) groups excluding carboxylic acids is 2. The van der Waals surface area contributed by atoms with Crippen LogP contribution in [0.25, 0.3) is 11.0 Å². The number of aryl methyl sites for hydroxylation is 1. The van der Waals surface area contributed by atoms with Gasteiger partial charge in [-0.1, -0.05) is 12.1 Å². The van der Waals surface area contributed by atoms with Crippen LogP contribution in [0.3, 0.4) is 0 Å². The Morgan fingerprint density at radius 3 is 3.00 bits per heavy atom. The van der Waals surface area contributed by atoms with E-state index in [2.05, 4.69) is 10.3 Å². The lowest BCUT2D eigenvalue weighted by atomic mass is 9.73. The first-order valence-electron chi connectivity index (χ1n) is 10.3. The normalized spacial score (nSPS) is 30.1. The molecule has 3 saturated heterocycles. The van der Waals surface area contributed by atoms with E-state index >= 15 is 0 Å². The predicted octanol–water partition coefficient (Wildman–Crippen LogP) is 0.862. The van der Waals surface area contributed by atoms with Crippen LogP contribution in [0, 0.1) is 11.8 Å². The molecule has 8 nitrogen and oxygen atoms in total. The lowest BCUT2D eigenvalue weighted by Gasteiger charge is -2.29. The zero-order valence-corrected chi connectivity index (χ0v) is 16.5. The van der Waals surface area contributed by atoms with Crippen LogP contribution >= 0.6 is 0 Å². The van der Waals surface area contributed by atoms with Crippen LogP contribution in [-0.2, 0) is 20.9 Å². The second-order valence-corrected chi connectivity index (χ2v) is 8.59. The van der Waals surface area contributed by atoms with Crippen LogP contribution in [0.5, 0.6) is 0 Å². The van der Waals surface area contributed by atoms with Gasteiger partial charge >= 0.3 is 5.69 Å². The van der Waals surface area contributed by atoms with Gasteiger partial charge in [-0.15, -0.1) is 0 Å². The van der Waals surface area contributed by atoms with Crippen molar-refractivity contribution in [1.29, 1.82) is 0 Å². The molecule has 4 heterocycles. The van der Waals surface area contributed by atoms with E-state index in [1.165, 1.54) is 6.92 Å². The Labute approximate surface area is 168 Å². The molecular weight excluding hydrogens is 372 g/mol. The van der Waals surface area contributed by atoms with Gasteiger partial charge in [-0.25, -0.2) is 4.79 Å². The minimum atomic E-state index is -0.249. The summed E-state index contributed by atoms with van der Waals surface area (Å²) < 4.78 is 7.96. The first kappa shape index (κ1) is 18.4. The third-order valence-electron chi connectivity index (χ3n) is 6.95. The largest absolute Gasteiger partial charge is 0.369 e. The Bertz CT molecular complexity index is 1030. The number of ether oxygens (including phenoxy) is 1. The summed E-state index contributed by atoms with van der Waals surface area (Å²) in [5, 5.41) is 2.93. The average molecular weight is 398 g/mol. The number of nitrogens with zero attached hydrogens (tertiary/aromatic N) is 2. The van der Waals surface area contributed by atoms with E-state index in [1.54, 1.807) is 4.57 Å². The third kappa shape index (κ3) is 2.97. The SMILES string of the molecule is CC(=O)NC[C@H]1[C@H]2CN(C(=O)CCn3c(=O)[nH]c4ccccc43)C[C@]23CC[C@H]1O3. The molecule has 1 spiro atoms. The summed E-state index contributed by atoms with van der Waals surface area (Å²) in [7, 11) is 0. The highest BCUT2D eigenvalue weighted by atomic mass is 16.5. The zero-order chi connectivity index (χ0) is 20.2. The number of aromatic amines is 1. The minimum absolute atomic E-state index is 0.0306. The first-order valence-corrected chi connectivity index (χ1v) is 10.3. The van der Waals surface area contributed by atoms with Gasteiger partial charge in [0.15, 0.2) is 0 Å². The number of aromatic nitrogens is 2. The fourth-order valence-electron chi connectivity index (χ4n) is 5.61. The van der Waals surface area contributed by atoms with Crippen molar-refractivity contribution in [3.05, 3.63) is 34.7 Å². The highest BCUT2D eigenvalue weighted by molar-refractivity contribution is 5.78. The number of amides is 2. The molecule has 3 aliphatic rings. The van der Waals surface area contributed by atoms with Crippen LogP contribution < -0.4 is 11.0 Å². The molecule has 8 heteroatoms. The molecule has 3 fully saturated rings. The highest BCUT2D eigenvalue weighted by Gasteiger charge is 2.63. The van der Waals surface area contributed by atoms with Crippen LogP contribution in [-0.4, -0.2) is 57.6 Å². The van der Waals surface area contributed by atoms with E-state index in [1.807, 2.05) is 29.2 Å². The summed E-state index contributed by atoms with van der Waals surface area (Å²) in [6.45, 7) is 3.78. The fourth-order valence-corrected chi connectivity index (χ4v) is 5.61. The Hall–Kier alpha value is -2.61. The Kier molecular flexibility index (Phi) is 4.27. The van der Waals surface area contributed by atoms with Crippen molar-refractivity contribution in [2.45, 2.75) is 44.4 Å². The Balaban J connectivity index is 1.26. The van der Waals surface area contributed by atoms with Gasteiger partial charge in [0.05, 0.1) is 29.3 Å². The van der Waals surface area contributed by atoms with Gasteiger partial charge in [-0.3, -0.25) is 14.2 Å². The van der Waals surface area contributed by atoms with Gasteiger partial charge in [0, 0.05) is 44.8 Å². The maximum atomic E-state index is 12.9. The van der Waals surface area contributed by atoms with Gasteiger partial charge in [0.25, 0.3) is 0 Å². The van der Waals surface area contributed by atoms with Gasteiger partial charge < -0.3 is 19.9 Å². The number of benzene rings is 1. The molecule has 3 aliphatic heterocycles. The molecule has 0 saturated carbocycles. The predicted molar refractivity (Wildman–Crippen MR) is 106 cm³/mol. The van der Waals surface area contributed by atoms with E-state index in [0.29, 0.717) is 26.2 Å². The monoisotopic (exact) mass is 398 g/mol. The van der Waals surface area contributed by atoms with Crippen LogP contribution in [0.2, 0.25) is 0 Å². The molecule has 5 rings (SSSR count). The molecule has 2 bridgehead atoms. The van der Waals surface area contributed by atoms with Crippen molar-refractivity contribution in [1.82, 2.24) is 19.8 Å². The van der Waals surface area contributed by atoms with Gasteiger partial charge in [0.1, 0.15) is 0 Å². The molecule has 29 heavy (non-hydrogen) atoms. The maximum Gasteiger partial charge on any atom is 0.326 e. The van der Waals surface area contributed by atoms with Crippen molar-refractivity contribution in [2.24, 2.45) is 11.8 Å². The van der Waals surface area contributed by atoms with Crippen molar-refractivity contribution in [3.8, 4) is 0 Å². The van der Waals surface area contributed by atoms with Crippen LogP contribution in [0.1, 0.15) is 26.2 Å². The number of para-hydroxylation sites is 2. The molecule has 2 aromatic rings. The van der Waals surface area contributed by atoms with E-state index in [0.717, 1.165) is 23.9 Å². The lowest BCUT2D eigenvalue weighted by Crippen LogP contribution is -2.41. The van der Waals surface area contributed by atoms with E-state index in [-0.39, 0.29) is 47.5 Å². The fraction of sp³-hybridized carbons (Fsp3) is 0.571. The number of likely N-dealkylation sites (tertiary alicyclic amines) is 1. The summed E-state index contributed by atoms with van der Waals surface area (Å²) in [4.78, 5) is 41.2. The topological polar surface area (TPSA) is 96.4 Å².